The molecule has 0 N–H and O–H groups in total. The Bertz CT molecular complexity index is 825. The maximum absolute atomic E-state index is 13.1. The number of benzene rings is 2. The lowest BCUT2D eigenvalue weighted by molar-refractivity contribution is -0.131. The molecular weight excluding hydrogens is 398 g/mol. The Balaban J connectivity index is 1.65. The minimum absolute atomic E-state index is 0.0996. The van der Waals surface area contributed by atoms with Crippen LogP contribution in [0.25, 0.3) is 0 Å². The van der Waals surface area contributed by atoms with Gasteiger partial charge >= 0.3 is 0 Å². The first-order valence-corrected chi connectivity index (χ1v) is 11.4. The van der Waals surface area contributed by atoms with Crippen LogP contribution in [-0.4, -0.2) is 42.6 Å². The number of nitrogens with zero attached hydrogens (tertiary/aromatic N) is 1. The van der Waals surface area contributed by atoms with Crippen molar-refractivity contribution in [2.45, 2.75) is 44.1 Å². The average Bonchev–Trinajstić information content (AvgIpc) is 3.27. The Kier molecular flexibility index (Phi) is 8.34. The quantitative estimate of drug-likeness (QED) is 0.523. The number of Topliss-reactive ketones (excluding diaryl/α,β-unsaturated/α-hetero) is 1. The number of methoxy groups -OCH3 is 1. The van der Waals surface area contributed by atoms with Gasteiger partial charge in [0.15, 0.2) is 11.2 Å². The number of thioether (sulfide) groups is 1. The molecule has 5 nitrogen and oxygen atoms in total. The zero-order valence-electron chi connectivity index (χ0n) is 17.6. The van der Waals surface area contributed by atoms with Gasteiger partial charge in [-0.15, -0.1) is 11.8 Å². The highest BCUT2D eigenvalue weighted by atomic mass is 32.2. The first kappa shape index (κ1) is 22.4. The lowest BCUT2D eigenvalue weighted by atomic mass is 10.1. The molecule has 2 unspecified atom stereocenters. The third-order valence-corrected chi connectivity index (χ3v) is 6.41. The molecule has 30 heavy (non-hydrogen) atoms. The van der Waals surface area contributed by atoms with Gasteiger partial charge in [0.05, 0.1) is 19.6 Å². The number of carbonyl (C=O) groups is 2. The van der Waals surface area contributed by atoms with Crippen LogP contribution >= 0.6 is 11.8 Å². The first-order valence-electron chi connectivity index (χ1n) is 10.4. The monoisotopic (exact) mass is 427 g/mol. The Labute approximate surface area is 182 Å². The molecule has 0 aromatic heterocycles. The fourth-order valence-corrected chi connectivity index (χ4v) is 4.61. The van der Waals surface area contributed by atoms with E-state index < -0.39 is 5.44 Å². The standard InChI is InChI=1S/C24H29NO4S/c1-3-20-17-30-24(29-20)22(26)16-23(27)25(19-11-13-21(28-2)14-12-19)15-7-10-18-8-5-4-6-9-18/h4-6,8-9,11-14,20,24H,3,7,10,15-17H2,1-2H3. The van der Waals surface area contributed by atoms with Crippen molar-refractivity contribution >= 4 is 29.1 Å². The van der Waals surface area contributed by atoms with Gasteiger partial charge in [-0.05, 0) is 49.1 Å². The van der Waals surface area contributed by atoms with Crippen molar-refractivity contribution in [3.05, 3.63) is 60.2 Å². The summed E-state index contributed by atoms with van der Waals surface area (Å²) in [6.45, 7) is 2.59. The molecule has 160 valence electrons. The van der Waals surface area contributed by atoms with Gasteiger partial charge in [-0.1, -0.05) is 37.3 Å². The molecule has 0 spiro atoms. The number of hydrogen-bond acceptors (Lipinski definition) is 5. The van der Waals surface area contributed by atoms with Gasteiger partial charge in [0.2, 0.25) is 5.91 Å². The van der Waals surface area contributed by atoms with Gasteiger partial charge in [0.1, 0.15) is 5.75 Å². The summed E-state index contributed by atoms with van der Waals surface area (Å²) in [5.74, 6) is 1.19. The summed E-state index contributed by atoms with van der Waals surface area (Å²) in [6.07, 6.45) is 2.51. The molecule has 1 aliphatic heterocycles. The van der Waals surface area contributed by atoms with Crippen LogP contribution < -0.4 is 9.64 Å². The maximum Gasteiger partial charge on any atom is 0.234 e. The van der Waals surface area contributed by atoms with Crippen LogP contribution in [0.2, 0.25) is 0 Å². The SMILES string of the molecule is CCC1CSC(C(=O)CC(=O)N(CCCc2ccccc2)c2ccc(OC)cc2)O1. The minimum atomic E-state index is -0.527. The molecule has 1 saturated heterocycles. The molecule has 6 heteroatoms. The van der Waals surface area contributed by atoms with Crippen molar-refractivity contribution in [3.8, 4) is 5.75 Å². The molecule has 1 heterocycles. The highest BCUT2D eigenvalue weighted by molar-refractivity contribution is 8.00. The topological polar surface area (TPSA) is 55.8 Å². The molecule has 2 atom stereocenters. The van der Waals surface area contributed by atoms with E-state index in [1.165, 1.54) is 17.3 Å². The highest BCUT2D eigenvalue weighted by Gasteiger charge is 2.32. The van der Waals surface area contributed by atoms with E-state index in [0.717, 1.165) is 36.5 Å². The van der Waals surface area contributed by atoms with Crippen molar-refractivity contribution in [1.82, 2.24) is 0 Å². The molecule has 0 aliphatic carbocycles. The van der Waals surface area contributed by atoms with E-state index in [0.29, 0.717) is 6.54 Å². The Morgan fingerprint density at radius 3 is 2.50 bits per heavy atom. The summed E-state index contributed by atoms with van der Waals surface area (Å²) in [5, 5.41) is 0. The van der Waals surface area contributed by atoms with Crippen molar-refractivity contribution in [2.24, 2.45) is 0 Å². The van der Waals surface area contributed by atoms with Crippen molar-refractivity contribution in [1.29, 1.82) is 0 Å². The molecule has 1 amide bonds. The van der Waals surface area contributed by atoms with Crippen LogP contribution in [0, 0.1) is 0 Å². The molecule has 2 aromatic carbocycles. The van der Waals surface area contributed by atoms with E-state index in [-0.39, 0.29) is 24.2 Å². The predicted octanol–water partition coefficient (Wildman–Crippen LogP) is 4.49. The van der Waals surface area contributed by atoms with Crippen LogP contribution in [-0.2, 0) is 20.7 Å². The van der Waals surface area contributed by atoms with Crippen molar-refractivity contribution in [2.75, 3.05) is 24.3 Å². The van der Waals surface area contributed by atoms with Crippen LogP contribution in [0.4, 0.5) is 5.69 Å². The number of carbonyl (C=O) groups excluding carboxylic acids is 2. The number of ketones is 1. The molecule has 1 fully saturated rings. The zero-order chi connectivity index (χ0) is 21.3. The number of ether oxygens (including phenoxy) is 2. The molecule has 1 aliphatic rings. The van der Waals surface area contributed by atoms with Gasteiger partial charge in [-0.3, -0.25) is 9.59 Å². The molecule has 0 bridgehead atoms. The second kappa shape index (κ2) is 11.2. The number of hydrogen-bond donors (Lipinski definition) is 0. The lowest BCUT2D eigenvalue weighted by Crippen LogP contribution is -2.35. The van der Waals surface area contributed by atoms with Gasteiger partial charge < -0.3 is 14.4 Å². The number of anilines is 1. The summed E-state index contributed by atoms with van der Waals surface area (Å²) >= 11 is 1.49. The highest BCUT2D eigenvalue weighted by Crippen LogP contribution is 2.29. The zero-order valence-corrected chi connectivity index (χ0v) is 18.4. The summed E-state index contributed by atoms with van der Waals surface area (Å²) in [6, 6.07) is 17.6. The van der Waals surface area contributed by atoms with E-state index in [1.54, 1.807) is 12.0 Å². The second-order valence-corrected chi connectivity index (χ2v) is 8.40. The molecule has 2 aromatic rings. The summed E-state index contributed by atoms with van der Waals surface area (Å²) < 4.78 is 11.0. The van der Waals surface area contributed by atoms with Gasteiger partial charge in [-0.25, -0.2) is 0 Å². The normalized spacial score (nSPS) is 18.2. The smallest absolute Gasteiger partial charge is 0.234 e. The van der Waals surface area contributed by atoms with Crippen molar-refractivity contribution in [3.63, 3.8) is 0 Å². The predicted molar refractivity (Wildman–Crippen MR) is 121 cm³/mol. The largest absolute Gasteiger partial charge is 0.497 e. The summed E-state index contributed by atoms with van der Waals surface area (Å²) in [4.78, 5) is 27.4. The van der Waals surface area contributed by atoms with E-state index in [9.17, 15) is 9.59 Å². The molecule has 3 rings (SSSR count). The first-order chi connectivity index (χ1) is 14.6. The third-order valence-electron chi connectivity index (χ3n) is 5.17. The minimum Gasteiger partial charge on any atom is -0.497 e. The van der Waals surface area contributed by atoms with Crippen LogP contribution in [0.15, 0.2) is 54.6 Å². The van der Waals surface area contributed by atoms with E-state index in [4.69, 9.17) is 9.47 Å². The van der Waals surface area contributed by atoms with Gasteiger partial charge in [-0.2, -0.15) is 0 Å². The fourth-order valence-electron chi connectivity index (χ4n) is 3.40. The lowest BCUT2D eigenvalue weighted by Gasteiger charge is -2.23. The maximum atomic E-state index is 13.1. The van der Waals surface area contributed by atoms with Crippen LogP contribution in [0.5, 0.6) is 5.75 Å². The van der Waals surface area contributed by atoms with Crippen molar-refractivity contribution < 1.29 is 19.1 Å². The Morgan fingerprint density at radius 1 is 1.13 bits per heavy atom. The van der Waals surface area contributed by atoms with Crippen LogP contribution in [0.3, 0.4) is 0 Å². The van der Waals surface area contributed by atoms with Gasteiger partial charge in [0.25, 0.3) is 0 Å². The average molecular weight is 428 g/mol. The van der Waals surface area contributed by atoms with Crippen LogP contribution in [0.1, 0.15) is 31.7 Å². The van der Waals surface area contributed by atoms with E-state index in [1.807, 2.05) is 49.4 Å². The number of amides is 1. The molecule has 0 saturated carbocycles. The second-order valence-electron chi connectivity index (χ2n) is 7.31. The Morgan fingerprint density at radius 2 is 1.87 bits per heavy atom. The Hall–Kier alpha value is -2.31. The van der Waals surface area contributed by atoms with Gasteiger partial charge in [0, 0.05) is 18.0 Å². The molecular formula is C24H29NO4S. The van der Waals surface area contributed by atoms with E-state index >= 15 is 0 Å². The number of rotatable bonds is 10. The van der Waals surface area contributed by atoms with E-state index in [2.05, 4.69) is 12.1 Å². The summed E-state index contributed by atoms with van der Waals surface area (Å²) in [7, 11) is 1.61. The third kappa shape index (κ3) is 6.09. The fraction of sp³-hybridized carbons (Fsp3) is 0.417. The molecule has 0 radical (unpaired) electrons. The number of aryl methyl sites for hydroxylation is 1. The summed E-state index contributed by atoms with van der Waals surface area (Å²) in [5.41, 5.74) is 1.48.